The van der Waals surface area contributed by atoms with Crippen molar-refractivity contribution in [1.29, 1.82) is 0 Å². The van der Waals surface area contributed by atoms with Gasteiger partial charge in [-0.1, -0.05) is 24.3 Å². The summed E-state index contributed by atoms with van der Waals surface area (Å²) < 4.78 is 41.3. The molecule has 7 nitrogen and oxygen atoms in total. The molecule has 0 fully saturated rings. The van der Waals surface area contributed by atoms with E-state index in [0.717, 1.165) is 16.7 Å². The van der Waals surface area contributed by atoms with Gasteiger partial charge in [0.15, 0.2) is 11.5 Å². The molecular formula is C21H21N3O4S. The predicted molar refractivity (Wildman–Crippen MR) is 107 cm³/mol. The second-order valence-corrected chi connectivity index (χ2v) is 9.24. The van der Waals surface area contributed by atoms with Gasteiger partial charge in [0, 0.05) is 38.3 Å². The molecule has 8 heteroatoms. The molecule has 0 aliphatic carbocycles. The van der Waals surface area contributed by atoms with E-state index in [0.29, 0.717) is 37.8 Å². The fourth-order valence-electron chi connectivity index (χ4n) is 4.00. The summed E-state index contributed by atoms with van der Waals surface area (Å²) in [5, 5.41) is 4.28. The molecular weight excluding hydrogens is 390 g/mol. The molecule has 5 rings (SSSR count). The van der Waals surface area contributed by atoms with Gasteiger partial charge in [-0.25, -0.2) is 8.42 Å². The van der Waals surface area contributed by atoms with Crippen LogP contribution in [0, 0.1) is 0 Å². The first-order chi connectivity index (χ1) is 14.0. The fraction of sp³-hybridized carbons (Fsp3) is 0.286. The number of rotatable bonds is 3. The van der Waals surface area contributed by atoms with E-state index in [1.807, 2.05) is 37.6 Å². The van der Waals surface area contributed by atoms with Crippen LogP contribution in [0.25, 0.3) is 0 Å². The molecule has 3 heterocycles. The summed E-state index contributed by atoms with van der Waals surface area (Å²) in [6.45, 7) is 1.58. The van der Waals surface area contributed by atoms with Gasteiger partial charge in [-0.15, -0.1) is 0 Å². The molecule has 2 aliphatic heterocycles. The van der Waals surface area contributed by atoms with E-state index in [-0.39, 0.29) is 10.8 Å². The van der Waals surface area contributed by atoms with Crippen LogP contribution in [0.3, 0.4) is 0 Å². The van der Waals surface area contributed by atoms with Crippen molar-refractivity contribution in [3.8, 4) is 11.5 Å². The largest absolute Gasteiger partial charge is 0.486 e. The molecule has 0 spiro atoms. The van der Waals surface area contributed by atoms with Crippen LogP contribution < -0.4 is 9.47 Å². The van der Waals surface area contributed by atoms with Crippen molar-refractivity contribution >= 4 is 10.0 Å². The maximum Gasteiger partial charge on any atom is 0.243 e. The summed E-state index contributed by atoms with van der Waals surface area (Å²) in [7, 11) is -1.84. The topological polar surface area (TPSA) is 73.7 Å². The molecule has 0 radical (unpaired) electrons. The molecule has 2 aliphatic rings. The average Bonchev–Trinajstić information content (AvgIpc) is 3.18. The first kappa shape index (κ1) is 18.2. The molecule has 0 saturated carbocycles. The van der Waals surface area contributed by atoms with Crippen LogP contribution in [-0.4, -0.2) is 42.3 Å². The molecule has 0 saturated heterocycles. The molecule has 150 valence electrons. The Morgan fingerprint density at radius 3 is 2.66 bits per heavy atom. The van der Waals surface area contributed by atoms with Crippen molar-refractivity contribution < 1.29 is 17.9 Å². The zero-order valence-electron chi connectivity index (χ0n) is 16.0. The minimum Gasteiger partial charge on any atom is -0.486 e. The van der Waals surface area contributed by atoms with Gasteiger partial charge in [-0.3, -0.25) is 4.68 Å². The molecule has 0 amide bonds. The van der Waals surface area contributed by atoms with Gasteiger partial charge in [-0.05, 0) is 28.8 Å². The van der Waals surface area contributed by atoms with Crippen LogP contribution in [-0.2, 0) is 23.6 Å². The Hall–Kier alpha value is -2.84. The van der Waals surface area contributed by atoms with Crippen molar-refractivity contribution in [3.05, 3.63) is 71.5 Å². The molecule has 2 aromatic carbocycles. The zero-order chi connectivity index (χ0) is 20.0. The summed E-state index contributed by atoms with van der Waals surface area (Å²) in [5.41, 5.74) is 3.16. The Morgan fingerprint density at radius 1 is 1.07 bits per heavy atom. The molecule has 1 unspecified atom stereocenters. The number of fused-ring (bicyclic) bond motifs is 2. The van der Waals surface area contributed by atoms with Gasteiger partial charge in [-0.2, -0.15) is 9.40 Å². The Morgan fingerprint density at radius 2 is 1.86 bits per heavy atom. The third-order valence-electron chi connectivity index (χ3n) is 5.44. The van der Waals surface area contributed by atoms with Crippen LogP contribution >= 0.6 is 0 Å². The van der Waals surface area contributed by atoms with Gasteiger partial charge in [0.25, 0.3) is 0 Å². The number of aromatic nitrogens is 2. The van der Waals surface area contributed by atoms with E-state index < -0.39 is 10.0 Å². The van der Waals surface area contributed by atoms with Crippen LogP contribution in [0.2, 0.25) is 0 Å². The number of sulfonamides is 1. The lowest BCUT2D eigenvalue weighted by molar-refractivity contribution is 0.171. The standard InChI is InChI=1S/C21H21N3O4S/c1-23-12-16(11-22-23)19-14-24(13-15-4-2-3-5-18(15)19)29(25,26)17-6-7-20-21(10-17)28-9-8-27-20/h2-7,10-12,19H,8-9,13-14H2,1H3. The van der Waals surface area contributed by atoms with Gasteiger partial charge >= 0.3 is 0 Å². The fourth-order valence-corrected chi connectivity index (χ4v) is 5.44. The molecule has 1 atom stereocenters. The third-order valence-corrected chi connectivity index (χ3v) is 7.25. The first-order valence-corrected chi connectivity index (χ1v) is 10.9. The maximum atomic E-state index is 13.5. The predicted octanol–water partition coefficient (Wildman–Crippen LogP) is 2.53. The maximum absolute atomic E-state index is 13.5. The summed E-state index contributed by atoms with van der Waals surface area (Å²) in [5.74, 6) is 0.978. The average molecular weight is 411 g/mol. The van der Waals surface area contributed by atoms with Gasteiger partial charge < -0.3 is 9.47 Å². The third kappa shape index (κ3) is 3.18. The van der Waals surface area contributed by atoms with E-state index in [1.54, 1.807) is 27.2 Å². The molecule has 0 N–H and O–H groups in total. The lowest BCUT2D eigenvalue weighted by atomic mass is 9.87. The highest BCUT2D eigenvalue weighted by Gasteiger charge is 2.35. The zero-order valence-corrected chi connectivity index (χ0v) is 16.8. The number of ether oxygens (including phenoxy) is 2. The normalized spacial score (nSPS) is 19.0. The molecule has 29 heavy (non-hydrogen) atoms. The van der Waals surface area contributed by atoms with Gasteiger partial charge in [0.2, 0.25) is 10.0 Å². The Bertz CT molecular complexity index is 1170. The summed E-state index contributed by atoms with van der Waals surface area (Å²) in [6.07, 6.45) is 3.75. The van der Waals surface area contributed by atoms with Crippen LogP contribution in [0.15, 0.2) is 59.8 Å². The number of hydrogen-bond donors (Lipinski definition) is 0. The Kier molecular flexibility index (Phi) is 4.33. The van der Waals surface area contributed by atoms with Crippen LogP contribution in [0.1, 0.15) is 22.6 Å². The van der Waals surface area contributed by atoms with Crippen LogP contribution in [0.5, 0.6) is 11.5 Å². The highest BCUT2D eigenvalue weighted by atomic mass is 32.2. The number of aryl methyl sites for hydroxylation is 1. The molecule has 1 aromatic heterocycles. The van der Waals surface area contributed by atoms with E-state index in [1.165, 1.54) is 0 Å². The van der Waals surface area contributed by atoms with Crippen molar-refractivity contribution in [2.24, 2.45) is 7.05 Å². The van der Waals surface area contributed by atoms with E-state index in [9.17, 15) is 8.42 Å². The summed E-state index contributed by atoms with van der Waals surface area (Å²) >= 11 is 0. The van der Waals surface area contributed by atoms with Gasteiger partial charge in [0.05, 0.1) is 11.1 Å². The Balaban J connectivity index is 1.54. The van der Waals surface area contributed by atoms with E-state index >= 15 is 0 Å². The van der Waals surface area contributed by atoms with Crippen molar-refractivity contribution in [1.82, 2.24) is 14.1 Å². The highest BCUT2D eigenvalue weighted by molar-refractivity contribution is 7.89. The Labute approximate surface area is 169 Å². The smallest absolute Gasteiger partial charge is 0.243 e. The van der Waals surface area contributed by atoms with E-state index in [4.69, 9.17) is 9.47 Å². The van der Waals surface area contributed by atoms with Crippen molar-refractivity contribution in [3.63, 3.8) is 0 Å². The minimum absolute atomic E-state index is 0.0689. The SMILES string of the molecule is Cn1cc(C2CN(S(=O)(=O)c3ccc4c(c3)OCCO4)Cc3ccccc32)cn1. The second kappa shape index (κ2) is 6.89. The second-order valence-electron chi connectivity index (χ2n) is 7.30. The van der Waals surface area contributed by atoms with Crippen molar-refractivity contribution in [2.75, 3.05) is 19.8 Å². The lowest BCUT2D eigenvalue weighted by Gasteiger charge is -2.33. The monoisotopic (exact) mass is 411 g/mol. The number of benzene rings is 2. The minimum atomic E-state index is -3.70. The summed E-state index contributed by atoms with van der Waals surface area (Å²) in [6, 6.07) is 12.8. The van der Waals surface area contributed by atoms with Crippen LogP contribution in [0.4, 0.5) is 0 Å². The lowest BCUT2D eigenvalue weighted by Crippen LogP contribution is -2.38. The quantitative estimate of drug-likeness (QED) is 0.662. The highest BCUT2D eigenvalue weighted by Crippen LogP contribution is 2.38. The molecule has 0 bridgehead atoms. The van der Waals surface area contributed by atoms with Gasteiger partial charge in [0.1, 0.15) is 13.2 Å². The molecule has 3 aromatic rings. The number of nitrogens with zero attached hydrogens (tertiary/aromatic N) is 3. The summed E-state index contributed by atoms with van der Waals surface area (Å²) in [4.78, 5) is 0.214. The van der Waals surface area contributed by atoms with Crippen molar-refractivity contribution in [2.45, 2.75) is 17.4 Å². The number of hydrogen-bond acceptors (Lipinski definition) is 5. The first-order valence-electron chi connectivity index (χ1n) is 9.48. The van der Waals surface area contributed by atoms with E-state index in [2.05, 4.69) is 11.2 Å².